The number of alkyl halides is 3. The lowest BCUT2D eigenvalue weighted by Crippen LogP contribution is -2.20. The van der Waals surface area contributed by atoms with Crippen LogP contribution in [-0.2, 0) is 9.47 Å². The summed E-state index contributed by atoms with van der Waals surface area (Å²) < 4.78 is 41.7. The van der Waals surface area contributed by atoms with E-state index in [9.17, 15) is 13.2 Å². The maximum Gasteiger partial charge on any atom is 0.574 e. The van der Waals surface area contributed by atoms with Gasteiger partial charge >= 0.3 is 6.36 Å². The molecule has 1 aliphatic rings. The highest BCUT2D eigenvalue weighted by atomic mass is 19.4. The van der Waals surface area contributed by atoms with E-state index in [2.05, 4.69) is 14.5 Å². The highest BCUT2D eigenvalue weighted by molar-refractivity contribution is 5.79. The third kappa shape index (κ3) is 2.22. The standard InChI is InChI=1S/C4H3F3NO2/c5-4(6,7)10-3-1-9-2-8-3/h2H,1H2. The summed E-state index contributed by atoms with van der Waals surface area (Å²) in [6, 6.07) is 0. The second-order valence-electron chi connectivity index (χ2n) is 1.49. The number of rotatable bonds is 0. The number of aliphatic imine (C=N–C) groups is 1. The lowest BCUT2D eigenvalue weighted by Gasteiger charge is -2.05. The number of hydrogen-bond donors (Lipinski definition) is 0. The van der Waals surface area contributed by atoms with Gasteiger partial charge in [0.1, 0.15) is 6.61 Å². The van der Waals surface area contributed by atoms with E-state index < -0.39 is 12.3 Å². The average molecular weight is 154 g/mol. The summed E-state index contributed by atoms with van der Waals surface area (Å²) in [5, 5.41) is 0. The molecule has 6 heteroatoms. The van der Waals surface area contributed by atoms with Crippen molar-refractivity contribution in [3.05, 3.63) is 6.73 Å². The van der Waals surface area contributed by atoms with Gasteiger partial charge in [-0.05, 0) is 0 Å². The predicted octanol–water partition coefficient (Wildman–Crippen LogP) is 1.07. The minimum absolute atomic E-state index is 0.250. The molecule has 0 N–H and O–H groups in total. The first-order valence-corrected chi connectivity index (χ1v) is 2.33. The van der Waals surface area contributed by atoms with Gasteiger partial charge in [0.25, 0.3) is 0 Å². The second kappa shape index (κ2) is 2.45. The van der Waals surface area contributed by atoms with Crippen LogP contribution in [0.1, 0.15) is 0 Å². The molecule has 0 fully saturated rings. The molecule has 0 saturated carbocycles. The van der Waals surface area contributed by atoms with Crippen molar-refractivity contribution < 1.29 is 22.6 Å². The van der Waals surface area contributed by atoms with E-state index in [1.54, 1.807) is 0 Å². The molecule has 0 unspecified atom stereocenters. The predicted molar refractivity (Wildman–Crippen MR) is 24.8 cm³/mol. The maximum absolute atomic E-state index is 11.3. The normalized spacial score (nSPS) is 18.9. The van der Waals surface area contributed by atoms with Gasteiger partial charge in [0.05, 0.1) is 0 Å². The Labute approximate surface area is 54.4 Å². The Kier molecular flexibility index (Phi) is 1.80. The lowest BCUT2D eigenvalue weighted by molar-refractivity contribution is -0.284. The van der Waals surface area contributed by atoms with Crippen LogP contribution in [0.3, 0.4) is 0 Å². The fourth-order valence-corrected chi connectivity index (χ4v) is 0.431. The van der Waals surface area contributed by atoms with Gasteiger partial charge < -0.3 is 9.47 Å². The van der Waals surface area contributed by atoms with Gasteiger partial charge in [0, 0.05) is 0 Å². The number of nitrogens with zero attached hydrogens (tertiary/aromatic N) is 1. The number of ether oxygens (including phenoxy) is 2. The molecule has 0 spiro atoms. The average Bonchev–Trinajstić information content (AvgIpc) is 2.12. The Morgan fingerprint density at radius 3 is 2.70 bits per heavy atom. The maximum atomic E-state index is 11.3. The summed E-state index contributed by atoms with van der Waals surface area (Å²) in [6.07, 6.45) is -4.67. The molecule has 0 aliphatic carbocycles. The van der Waals surface area contributed by atoms with Crippen LogP contribution in [0.5, 0.6) is 0 Å². The Morgan fingerprint density at radius 2 is 2.30 bits per heavy atom. The summed E-state index contributed by atoms with van der Waals surface area (Å²) in [7, 11) is 0. The molecule has 57 valence electrons. The molecule has 0 aromatic heterocycles. The van der Waals surface area contributed by atoms with Crippen molar-refractivity contribution in [1.82, 2.24) is 0 Å². The largest absolute Gasteiger partial charge is 0.574 e. The van der Waals surface area contributed by atoms with E-state index in [1.165, 1.54) is 0 Å². The number of halogens is 3. The Hall–Kier alpha value is -0.780. The van der Waals surface area contributed by atoms with Crippen LogP contribution < -0.4 is 0 Å². The van der Waals surface area contributed by atoms with Crippen LogP contribution in [-0.4, -0.2) is 18.9 Å². The quantitative estimate of drug-likeness (QED) is 0.522. The Morgan fingerprint density at radius 1 is 1.60 bits per heavy atom. The van der Waals surface area contributed by atoms with Crippen LogP contribution in [0.4, 0.5) is 13.2 Å². The van der Waals surface area contributed by atoms with Crippen molar-refractivity contribution in [3.63, 3.8) is 0 Å². The Bertz CT molecular complexity index is 153. The lowest BCUT2D eigenvalue weighted by atomic mass is 10.7. The van der Waals surface area contributed by atoms with Crippen molar-refractivity contribution in [2.75, 3.05) is 6.61 Å². The summed E-state index contributed by atoms with van der Waals surface area (Å²) >= 11 is 0. The van der Waals surface area contributed by atoms with Crippen molar-refractivity contribution in [2.24, 2.45) is 4.99 Å². The fraction of sp³-hybridized carbons (Fsp3) is 0.500. The monoisotopic (exact) mass is 154 g/mol. The van der Waals surface area contributed by atoms with Crippen LogP contribution in [0.15, 0.2) is 4.99 Å². The van der Waals surface area contributed by atoms with E-state index in [0.29, 0.717) is 0 Å². The van der Waals surface area contributed by atoms with E-state index in [0.717, 1.165) is 6.73 Å². The molecule has 1 radical (unpaired) electrons. The fourth-order valence-electron chi connectivity index (χ4n) is 0.431. The van der Waals surface area contributed by atoms with Crippen molar-refractivity contribution in [1.29, 1.82) is 0 Å². The molecular formula is C4H3F3NO2. The smallest absolute Gasteiger partial charge is 0.390 e. The molecule has 3 nitrogen and oxygen atoms in total. The minimum Gasteiger partial charge on any atom is -0.390 e. The summed E-state index contributed by atoms with van der Waals surface area (Å²) in [4.78, 5) is 3.15. The zero-order valence-electron chi connectivity index (χ0n) is 4.68. The van der Waals surface area contributed by atoms with E-state index >= 15 is 0 Å². The summed E-state index contributed by atoms with van der Waals surface area (Å²) in [5.74, 6) is -0.465. The van der Waals surface area contributed by atoms with Gasteiger partial charge in [-0.15, -0.1) is 13.2 Å². The third-order valence-corrected chi connectivity index (χ3v) is 0.712. The first kappa shape index (κ1) is 7.33. The highest BCUT2D eigenvalue weighted by Gasteiger charge is 2.33. The molecule has 10 heavy (non-hydrogen) atoms. The van der Waals surface area contributed by atoms with Crippen molar-refractivity contribution in [3.8, 4) is 0 Å². The van der Waals surface area contributed by atoms with Crippen LogP contribution in [0.2, 0.25) is 0 Å². The molecule has 0 aromatic rings. The SMILES string of the molecule is FC(F)(F)OC1=N[CH]OC1. The number of hydrogen-bond acceptors (Lipinski definition) is 3. The van der Waals surface area contributed by atoms with Crippen molar-refractivity contribution >= 4 is 5.90 Å². The van der Waals surface area contributed by atoms with Crippen LogP contribution in [0, 0.1) is 6.73 Å². The zero-order valence-corrected chi connectivity index (χ0v) is 4.68. The molecule has 0 saturated heterocycles. The van der Waals surface area contributed by atoms with E-state index in [1.807, 2.05) is 0 Å². The molecule has 0 amide bonds. The molecule has 1 heterocycles. The summed E-state index contributed by atoms with van der Waals surface area (Å²) in [5.41, 5.74) is 0. The van der Waals surface area contributed by atoms with Gasteiger partial charge in [0.15, 0.2) is 6.73 Å². The van der Waals surface area contributed by atoms with Crippen molar-refractivity contribution in [2.45, 2.75) is 6.36 Å². The molecule has 1 aliphatic heterocycles. The molecule has 0 atom stereocenters. The highest BCUT2D eigenvalue weighted by Crippen LogP contribution is 2.18. The van der Waals surface area contributed by atoms with Gasteiger partial charge in [-0.3, -0.25) is 0 Å². The zero-order chi connectivity index (χ0) is 7.61. The van der Waals surface area contributed by atoms with Gasteiger partial charge in [0.2, 0.25) is 5.90 Å². The molecule has 1 rings (SSSR count). The summed E-state index contributed by atoms with van der Waals surface area (Å²) in [6.45, 7) is 0.653. The van der Waals surface area contributed by atoms with Crippen LogP contribution >= 0.6 is 0 Å². The van der Waals surface area contributed by atoms with Gasteiger partial charge in [-0.2, -0.15) is 0 Å². The topological polar surface area (TPSA) is 30.8 Å². The Balaban J connectivity index is 2.38. The second-order valence-corrected chi connectivity index (χ2v) is 1.49. The molecule has 0 bridgehead atoms. The first-order chi connectivity index (χ1) is 4.58. The van der Waals surface area contributed by atoms with Gasteiger partial charge in [-0.25, -0.2) is 4.99 Å². The van der Waals surface area contributed by atoms with Gasteiger partial charge in [-0.1, -0.05) is 0 Å². The third-order valence-electron chi connectivity index (χ3n) is 0.712. The molecule has 0 aromatic carbocycles. The van der Waals surface area contributed by atoms with E-state index in [-0.39, 0.29) is 6.61 Å². The molecular weight excluding hydrogens is 151 g/mol. The van der Waals surface area contributed by atoms with Crippen LogP contribution in [0.25, 0.3) is 0 Å². The first-order valence-electron chi connectivity index (χ1n) is 2.33. The minimum atomic E-state index is -4.67. The van der Waals surface area contributed by atoms with E-state index in [4.69, 9.17) is 0 Å².